The fourth-order valence-corrected chi connectivity index (χ4v) is 3.32. The molecule has 2 N–H and O–H groups in total. The Balaban J connectivity index is 3.03. The molecule has 0 aliphatic heterocycles. The lowest BCUT2D eigenvalue weighted by molar-refractivity contribution is -0.137. The molecule has 126 valence electrons. The third-order valence-corrected chi connectivity index (χ3v) is 5.57. The van der Waals surface area contributed by atoms with Crippen molar-refractivity contribution in [3.05, 3.63) is 35.4 Å². The topological polar surface area (TPSA) is 76.0 Å². The number of aliphatic hydroxyl groups excluding tert-OH is 1. The van der Waals surface area contributed by atoms with Crippen molar-refractivity contribution in [1.82, 2.24) is 0 Å². The Bertz CT molecular complexity index is 551. The first-order valence-corrected chi connectivity index (χ1v) is 7.80. The van der Waals surface area contributed by atoms with E-state index in [9.17, 15) is 27.9 Å². The highest BCUT2D eigenvalue weighted by atomic mass is 31.2. The van der Waals surface area contributed by atoms with E-state index in [0.717, 1.165) is 39.3 Å². The van der Waals surface area contributed by atoms with E-state index >= 15 is 0 Å². The predicted octanol–water partition coefficient (Wildman–Crippen LogP) is 3.32. The summed E-state index contributed by atoms with van der Waals surface area (Å²) in [6.07, 6.45) is -6.55. The Morgan fingerprint density at radius 3 is 2.27 bits per heavy atom. The highest BCUT2D eigenvalue weighted by molar-refractivity contribution is 7.55. The monoisotopic (exact) mass is 342 g/mol. The van der Waals surface area contributed by atoms with Gasteiger partial charge in [-0.1, -0.05) is 12.1 Å². The van der Waals surface area contributed by atoms with Crippen LogP contribution in [-0.2, 0) is 19.8 Å². The van der Waals surface area contributed by atoms with Crippen LogP contribution in [0, 0.1) is 0 Å². The third-order valence-electron chi connectivity index (χ3n) is 3.25. The lowest BCUT2D eigenvalue weighted by Crippen LogP contribution is -2.28. The quantitative estimate of drug-likeness (QED) is 0.776. The Hall–Kier alpha value is -0.920. The van der Waals surface area contributed by atoms with E-state index in [0.29, 0.717) is 0 Å². The average Bonchev–Trinajstić information content (AvgIpc) is 2.45. The Morgan fingerprint density at radius 2 is 1.82 bits per heavy atom. The highest BCUT2D eigenvalue weighted by Crippen LogP contribution is 2.60. The van der Waals surface area contributed by atoms with Gasteiger partial charge in [0.15, 0.2) is 5.34 Å². The summed E-state index contributed by atoms with van der Waals surface area (Å²) < 4.78 is 59.5. The van der Waals surface area contributed by atoms with Crippen molar-refractivity contribution in [3.63, 3.8) is 0 Å². The van der Waals surface area contributed by atoms with Crippen LogP contribution in [0.1, 0.15) is 30.6 Å². The largest absolute Gasteiger partial charge is 0.416 e. The van der Waals surface area contributed by atoms with Gasteiger partial charge in [-0.05, 0) is 24.6 Å². The van der Waals surface area contributed by atoms with Crippen LogP contribution in [0.15, 0.2) is 24.3 Å². The second kappa shape index (κ2) is 6.68. The van der Waals surface area contributed by atoms with Gasteiger partial charge in [0.25, 0.3) is 0 Å². The molecule has 0 aliphatic carbocycles. The molecule has 0 spiro atoms. The van der Waals surface area contributed by atoms with Gasteiger partial charge in [-0.3, -0.25) is 4.57 Å². The molecule has 0 aromatic heterocycles. The van der Waals surface area contributed by atoms with Crippen LogP contribution in [-0.4, -0.2) is 29.8 Å². The first-order valence-electron chi connectivity index (χ1n) is 6.26. The van der Waals surface area contributed by atoms with Gasteiger partial charge in [0.2, 0.25) is 0 Å². The van der Waals surface area contributed by atoms with Gasteiger partial charge in [0.1, 0.15) is 0 Å². The van der Waals surface area contributed by atoms with Crippen molar-refractivity contribution in [3.8, 4) is 0 Å². The molecule has 1 aromatic carbocycles. The van der Waals surface area contributed by atoms with Gasteiger partial charge in [0.05, 0.1) is 11.7 Å². The number of aliphatic hydroxyl groups is 2. The van der Waals surface area contributed by atoms with Gasteiger partial charge in [-0.25, -0.2) is 0 Å². The van der Waals surface area contributed by atoms with Gasteiger partial charge in [-0.2, -0.15) is 13.2 Å². The molecule has 0 radical (unpaired) electrons. The summed E-state index contributed by atoms with van der Waals surface area (Å²) in [5.74, 6) is 0. The SMILES string of the molecule is COP(=O)(OC)C(C)(O)CC(O)c1cccc(C(F)(F)F)c1. The molecule has 0 aliphatic rings. The number of halogens is 3. The lowest BCUT2D eigenvalue weighted by atomic mass is 10.0. The molecule has 2 unspecified atom stereocenters. The number of rotatable bonds is 6. The van der Waals surface area contributed by atoms with E-state index in [2.05, 4.69) is 9.05 Å². The Morgan fingerprint density at radius 1 is 1.27 bits per heavy atom. The predicted molar refractivity (Wildman–Crippen MR) is 73.3 cm³/mol. The van der Waals surface area contributed by atoms with Gasteiger partial charge in [0, 0.05) is 20.6 Å². The van der Waals surface area contributed by atoms with Crippen molar-refractivity contribution >= 4 is 7.60 Å². The molecule has 1 aromatic rings. The molecule has 0 bridgehead atoms. The first-order chi connectivity index (χ1) is 9.97. The smallest absolute Gasteiger partial charge is 0.388 e. The first kappa shape index (κ1) is 19.1. The molecule has 22 heavy (non-hydrogen) atoms. The molecule has 9 heteroatoms. The van der Waals surface area contributed by atoms with Crippen LogP contribution in [0.2, 0.25) is 0 Å². The summed E-state index contributed by atoms with van der Waals surface area (Å²) in [6, 6.07) is 4.05. The maximum atomic E-state index is 12.7. The Labute approximate surface area is 126 Å². The molecule has 0 saturated carbocycles. The second-order valence-electron chi connectivity index (χ2n) is 4.92. The fourth-order valence-electron chi connectivity index (χ4n) is 1.99. The van der Waals surface area contributed by atoms with Gasteiger partial charge in [-0.15, -0.1) is 0 Å². The summed E-state index contributed by atoms with van der Waals surface area (Å²) in [7, 11) is -1.80. The van der Waals surface area contributed by atoms with Crippen LogP contribution >= 0.6 is 7.60 Å². The second-order valence-corrected chi connectivity index (χ2v) is 7.61. The van der Waals surface area contributed by atoms with Gasteiger partial charge >= 0.3 is 13.8 Å². The maximum absolute atomic E-state index is 12.7. The average molecular weight is 342 g/mol. The molecule has 0 amide bonds. The lowest BCUT2D eigenvalue weighted by Gasteiger charge is -2.31. The zero-order chi connectivity index (χ0) is 17.2. The minimum absolute atomic E-state index is 0.0612. The number of hydrogen-bond donors (Lipinski definition) is 2. The Kier molecular flexibility index (Phi) is 5.81. The zero-order valence-electron chi connectivity index (χ0n) is 12.3. The minimum atomic E-state index is -4.55. The van der Waals surface area contributed by atoms with Crippen LogP contribution in [0.4, 0.5) is 13.2 Å². The third kappa shape index (κ3) is 4.08. The molecular weight excluding hydrogens is 324 g/mol. The molecule has 0 fully saturated rings. The van der Waals surface area contributed by atoms with Crippen LogP contribution < -0.4 is 0 Å². The summed E-state index contributed by atoms with van der Waals surface area (Å²) in [6.45, 7) is 1.12. The number of benzene rings is 1. The number of hydrogen-bond acceptors (Lipinski definition) is 5. The van der Waals surface area contributed by atoms with E-state index in [1.807, 2.05) is 0 Å². The van der Waals surface area contributed by atoms with Crippen LogP contribution in [0.3, 0.4) is 0 Å². The summed E-state index contributed by atoms with van der Waals surface area (Å²) in [4.78, 5) is 0. The molecule has 5 nitrogen and oxygen atoms in total. The van der Waals surface area contributed by atoms with Crippen molar-refractivity contribution < 1.29 is 37.0 Å². The molecule has 0 heterocycles. The van der Waals surface area contributed by atoms with Crippen molar-refractivity contribution in [1.29, 1.82) is 0 Å². The summed E-state index contributed by atoms with van der Waals surface area (Å²) in [5.41, 5.74) is -0.987. The number of alkyl halides is 3. The van der Waals surface area contributed by atoms with E-state index < -0.39 is 37.2 Å². The minimum Gasteiger partial charge on any atom is -0.388 e. The van der Waals surface area contributed by atoms with Crippen molar-refractivity contribution in [2.75, 3.05) is 14.2 Å². The highest BCUT2D eigenvalue weighted by Gasteiger charge is 2.46. The van der Waals surface area contributed by atoms with E-state index in [-0.39, 0.29) is 5.56 Å². The summed E-state index contributed by atoms with van der Waals surface area (Å²) >= 11 is 0. The fraction of sp³-hybridized carbons (Fsp3) is 0.538. The van der Waals surface area contributed by atoms with Gasteiger partial charge < -0.3 is 19.3 Å². The maximum Gasteiger partial charge on any atom is 0.416 e. The zero-order valence-corrected chi connectivity index (χ0v) is 13.2. The molecule has 0 saturated heterocycles. The van der Waals surface area contributed by atoms with Crippen molar-refractivity contribution in [2.45, 2.75) is 31.0 Å². The van der Waals surface area contributed by atoms with Crippen LogP contribution in [0.25, 0.3) is 0 Å². The summed E-state index contributed by atoms with van der Waals surface area (Å²) in [5, 5.41) is 18.2. The normalized spacial score (nSPS) is 17.1. The standard InChI is InChI=1S/C13H18F3O5P/c1-12(18,22(19,20-2)21-3)8-11(17)9-5-4-6-10(7-9)13(14,15)16/h4-7,11,17-18H,8H2,1-3H3. The van der Waals surface area contributed by atoms with Crippen molar-refractivity contribution in [2.24, 2.45) is 0 Å². The van der Waals surface area contributed by atoms with E-state index in [4.69, 9.17) is 0 Å². The molecular formula is C13H18F3O5P. The van der Waals surface area contributed by atoms with Crippen LogP contribution in [0.5, 0.6) is 0 Å². The van der Waals surface area contributed by atoms with E-state index in [1.165, 1.54) is 6.07 Å². The molecule has 1 rings (SSSR count). The molecule has 2 atom stereocenters. The van der Waals surface area contributed by atoms with E-state index in [1.54, 1.807) is 0 Å².